The summed E-state index contributed by atoms with van der Waals surface area (Å²) in [7, 11) is -9.97. The quantitative estimate of drug-likeness (QED) is 0.357. The number of halogens is 6. The second kappa shape index (κ2) is 10.7. The number of allylic oxidation sites excluding steroid dienone is 4. The van der Waals surface area contributed by atoms with Crippen LogP contribution in [0.1, 0.15) is 19.3 Å². The van der Waals surface area contributed by atoms with Crippen LogP contribution in [-0.4, -0.2) is 50.5 Å². The van der Waals surface area contributed by atoms with Crippen molar-refractivity contribution in [2.45, 2.75) is 48.9 Å². The maximum absolute atomic E-state index is 12.9. The van der Waals surface area contributed by atoms with Gasteiger partial charge >= 0.3 is 11.5 Å². The number of nitrogens with zero attached hydrogens (tertiary/aromatic N) is 4. The van der Waals surface area contributed by atoms with E-state index in [0.29, 0.717) is 0 Å². The van der Waals surface area contributed by atoms with Crippen molar-refractivity contribution in [2.24, 2.45) is 18.7 Å². The van der Waals surface area contributed by atoms with E-state index in [-0.39, 0.29) is 30.5 Å². The molecule has 0 spiro atoms. The second-order valence-corrected chi connectivity index (χ2v) is 10.0. The average molecular weight is 508 g/mol. The molecule has 0 saturated heterocycles. The highest BCUT2D eigenvalue weighted by Crippen LogP contribution is 2.30. The third-order valence-corrected chi connectivity index (χ3v) is 6.77. The molecule has 0 N–H and O–H groups in total. The van der Waals surface area contributed by atoms with Gasteiger partial charge in [0.05, 0.1) is 23.8 Å². The van der Waals surface area contributed by atoms with Gasteiger partial charge in [-0.25, -0.2) is 12.8 Å². The highest BCUT2D eigenvalue weighted by atomic mass is 32.2. The summed E-state index contributed by atoms with van der Waals surface area (Å²) >= 11 is 0. The van der Waals surface area contributed by atoms with Gasteiger partial charge in [-0.2, -0.15) is 21.9 Å². The van der Waals surface area contributed by atoms with Crippen LogP contribution >= 0.6 is 0 Å². The van der Waals surface area contributed by atoms with E-state index in [4.69, 9.17) is 0 Å². The average Bonchev–Trinajstić information content (AvgIpc) is 2.75. The minimum absolute atomic E-state index is 0.104. The third kappa shape index (κ3) is 6.05. The summed E-state index contributed by atoms with van der Waals surface area (Å²) in [5, 5.41) is 0. The number of hydrogen-bond acceptors (Lipinski definition) is 8. The highest BCUT2D eigenvalue weighted by Gasteiger charge is 2.35. The van der Waals surface area contributed by atoms with Crippen molar-refractivity contribution in [2.75, 3.05) is 0 Å². The Morgan fingerprint density at radius 3 is 2.16 bits per heavy atom. The fraction of sp³-hybridized carbons (Fsp3) is 0.500. The van der Waals surface area contributed by atoms with E-state index in [2.05, 4.69) is 40.8 Å². The summed E-state index contributed by atoms with van der Waals surface area (Å²) in [6, 6.07) is -2.72. The molecule has 16 heteroatoms. The maximum atomic E-state index is 12.9. The van der Waals surface area contributed by atoms with E-state index >= 15 is 0 Å². The summed E-state index contributed by atoms with van der Waals surface area (Å²) < 4.78 is 113. The Morgan fingerprint density at radius 2 is 1.62 bits per heavy atom. The predicted molar refractivity (Wildman–Crippen MR) is 106 cm³/mol. The van der Waals surface area contributed by atoms with Crippen molar-refractivity contribution < 1.29 is 43.8 Å². The zero-order valence-electron chi connectivity index (χ0n) is 16.2. The highest BCUT2D eigenvalue weighted by molar-refractivity contribution is 7.89. The van der Waals surface area contributed by atoms with Crippen molar-refractivity contribution in [3.05, 3.63) is 36.1 Å². The molecule has 0 aromatic heterocycles. The molecule has 32 heavy (non-hydrogen) atoms. The molecule has 0 radical (unpaired) electrons. The molecule has 5 unspecified atom stereocenters. The Kier molecular flexibility index (Phi) is 8.78. The molecule has 0 heterocycles. The van der Waals surface area contributed by atoms with Crippen LogP contribution in [0, 0.1) is 0 Å². The van der Waals surface area contributed by atoms with E-state index in [1.165, 1.54) is 12.2 Å². The van der Waals surface area contributed by atoms with Crippen molar-refractivity contribution in [3.8, 4) is 0 Å². The summed E-state index contributed by atoms with van der Waals surface area (Å²) in [6.07, 6.45) is 4.10. The van der Waals surface area contributed by atoms with Gasteiger partial charge in [-0.15, -0.1) is 0 Å². The summed E-state index contributed by atoms with van der Waals surface area (Å²) in [5.74, 6) is -7.50. The Morgan fingerprint density at radius 1 is 1.00 bits per heavy atom. The van der Waals surface area contributed by atoms with E-state index in [1.807, 2.05) is 0 Å². The lowest BCUT2D eigenvalue weighted by Gasteiger charge is -2.30. The topological polar surface area (TPSA) is 102 Å². The zero-order valence-corrected chi connectivity index (χ0v) is 17.8. The van der Waals surface area contributed by atoms with Gasteiger partial charge in [0.25, 0.3) is 20.0 Å². The van der Waals surface area contributed by atoms with Crippen LogP contribution in [0.4, 0.5) is 26.6 Å². The van der Waals surface area contributed by atoms with Gasteiger partial charge in [0.15, 0.2) is 0 Å². The van der Waals surface area contributed by atoms with Crippen LogP contribution in [0.3, 0.4) is 0 Å². The number of rotatable bonds is 8. The molecule has 1 fully saturated rings. The van der Waals surface area contributed by atoms with Gasteiger partial charge in [0, 0.05) is 0 Å². The fourth-order valence-electron chi connectivity index (χ4n) is 3.00. The van der Waals surface area contributed by atoms with Gasteiger partial charge in [-0.1, -0.05) is 21.4 Å². The van der Waals surface area contributed by atoms with Crippen LogP contribution < -0.4 is 0 Å². The van der Waals surface area contributed by atoms with Crippen molar-refractivity contribution in [1.29, 1.82) is 0 Å². The molecule has 8 nitrogen and oxygen atoms in total. The molecule has 5 atom stereocenters. The summed E-state index contributed by atoms with van der Waals surface area (Å²) in [4.78, 5) is 7.97. The molecule has 2 rings (SSSR count). The van der Waals surface area contributed by atoms with Gasteiger partial charge in [-0.05, 0) is 52.8 Å². The number of hydrogen-bond donors (Lipinski definition) is 0. The number of alkyl halides is 4. The molecule has 1 saturated carbocycles. The molecule has 2 aliphatic rings. The van der Waals surface area contributed by atoms with Crippen LogP contribution in [0.5, 0.6) is 0 Å². The summed E-state index contributed by atoms with van der Waals surface area (Å²) in [6.45, 7) is 6.87. The minimum Gasteiger partial charge on any atom is -0.295 e. The molecule has 0 aromatic rings. The lowest BCUT2D eigenvalue weighted by Crippen LogP contribution is -2.35. The Balaban J connectivity index is 2.43. The molecule has 0 amide bonds. The van der Waals surface area contributed by atoms with Gasteiger partial charge < -0.3 is 0 Å². The van der Waals surface area contributed by atoms with E-state index < -0.39 is 55.4 Å². The van der Waals surface area contributed by atoms with Crippen LogP contribution in [-0.2, 0) is 28.8 Å². The molecule has 2 aliphatic carbocycles. The molecule has 180 valence electrons. The molecule has 0 aliphatic heterocycles. The first kappa shape index (κ1) is 26.2. The molecular formula is C16H18F6N4O4S2. The minimum atomic E-state index is -5.02. The SMILES string of the molecule is C=NC1CCC(N=C2C=CC(=C)C=C2N=S(=O)(OF)C(F)F)CC1N=S(=O)(OF)C(F)F. The van der Waals surface area contributed by atoms with Crippen LogP contribution in [0.25, 0.3) is 0 Å². The van der Waals surface area contributed by atoms with Gasteiger partial charge in [0.2, 0.25) is 0 Å². The van der Waals surface area contributed by atoms with E-state index in [0.717, 1.165) is 6.08 Å². The van der Waals surface area contributed by atoms with Gasteiger partial charge in [-0.3, -0.25) is 9.98 Å². The van der Waals surface area contributed by atoms with Crippen molar-refractivity contribution in [3.63, 3.8) is 0 Å². The van der Waals surface area contributed by atoms with E-state index in [1.54, 1.807) is 0 Å². The summed E-state index contributed by atoms with van der Waals surface area (Å²) in [5.41, 5.74) is -0.268. The molecule has 0 bridgehead atoms. The van der Waals surface area contributed by atoms with Crippen molar-refractivity contribution in [1.82, 2.24) is 0 Å². The molecular weight excluding hydrogens is 490 g/mol. The van der Waals surface area contributed by atoms with Crippen molar-refractivity contribution >= 4 is 32.4 Å². The monoisotopic (exact) mass is 508 g/mol. The first-order chi connectivity index (χ1) is 15.0. The van der Waals surface area contributed by atoms with Crippen LogP contribution in [0.15, 0.2) is 54.8 Å². The normalized spacial score (nSPS) is 28.9. The van der Waals surface area contributed by atoms with E-state index in [9.17, 15) is 35.0 Å². The van der Waals surface area contributed by atoms with Crippen LogP contribution in [0.2, 0.25) is 0 Å². The Labute approximate surface area is 180 Å². The first-order valence-electron chi connectivity index (χ1n) is 8.78. The zero-order chi connectivity index (χ0) is 24.1. The van der Waals surface area contributed by atoms with Gasteiger partial charge in [0.1, 0.15) is 5.70 Å². The fourth-order valence-corrected chi connectivity index (χ4v) is 4.36. The second-order valence-electron chi connectivity index (χ2n) is 6.61. The smallest absolute Gasteiger partial charge is 0.295 e. The maximum Gasteiger partial charge on any atom is 0.345 e. The Bertz CT molecular complexity index is 1070. The predicted octanol–water partition coefficient (Wildman–Crippen LogP) is 4.44. The lowest BCUT2D eigenvalue weighted by atomic mass is 9.87. The number of aliphatic imine (C=N–C) groups is 2. The Hall–Kier alpha value is -2.04. The standard InChI is InChI=1S/C16H18F6N4O4S2/c1-9-3-5-12(13(7-9)25-31(27,29-21)15(17)18)24-10-4-6-11(23-2)14(8-10)26-32(28,30-22)16(19)20/h3,5,7,10-11,14-16H,1-2,4,6,8H2. The molecule has 0 aromatic carbocycles. The lowest BCUT2D eigenvalue weighted by molar-refractivity contribution is -0.00172. The first-order valence-corrected chi connectivity index (χ1v) is 11.8. The third-order valence-electron chi connectivity index (χ3n) is 4.49. The largest absolute Gasteiger partial charge is 0.345 e.